The number of halogens is 1. The molecule has 3 rings (SSSR count). The third kappa shape index (κ3) is 3.43. The minimum Gasteiger partial charge on any atom is -0.495 e. The summed E-state index contributed by atoms with van der Waals surface area (Å²) in [6.45, 7) is 1.04. The maximum atomic E-state index is 12.8. The number of hydrogen-bond donors (Lipinski definition) is 0. The second-order valence-corrected chi connectivity index (χ2v) is 8.23. The Balaban J connectivity index is 1.74. The Morgan fingerprint density at radius 2 is 1.75 bits per heavy atom. The summed E-state index contributed by atoms with van der Waals surface area (Å²) in [5, 5.41) is 0.303. The van der Waals surface area contributed by atoms with Gasteiger partial charge in [0.2, 0.25) is 10.0 Å². The number of nitrogens with zero attached hydrogens (tertiary/aromatic N) is 1. The van der Waals surface area contributed by atoms with E-state index in [1.807, 2.05) is 18.2 Å². The van der Waals surface area contributed by atoms with Crippen molar-refractivity contribution in [2.24, 2.45) is 0 Å². The summed E-state index contributed by atoms with van der Waals surface area (Å²) in [4.78, 5) is 0.214. The molecule has 0 saturated carbocycles. The van der Waals surface area contributed by atoms with Crippen LogP contribution in [0.4, 0.5) is 0 Å². The Morgan fingerprint density at radius 3 is 2.33 bits per heavy atom. The van der Waals surface area contributed by atoms with Crippen LogP contribution in [0.1, 0.15) is 24.3 Å². The number of ether oxygens (including phenoxy) is 1. The zero-order valence-electron chi connectivity index (χ0n) is 13.5. The van der Waals surface area contributed by atoms with Crippen molar-refractivity contribution < 1.29 is 13.2 Å². The summed E-state index contributed by atoms with van der Waals surface area (Å²) in [5.41, 5.74) is 1.28. The van der Waals surface area contributed by atoms with E-state index in [1.165, 1.54) is 18.7 Å². The summed E-state index contributed by atoms with van der Waals surface area (Å²) in [5.74, 6) is 0.885. The Morgan fingerprint density at radius 1 is 1.08 bits per heavy atom. The normalized spacial score (nSPS) is 16.9. The van der Waals surface area contributed by atoms with Gasteiger partial charge in [0.1, 0.15) is 5.75 Å². The number of rotatable bonds is 4. The summed E-state index contributed by atoms with van der Waals surface area (Å²) in [6, 6.07) is 14.9. The van der Waals surface area contributed by atoms with Crippen LogP contribution in [-0.2, 0) is 10.0 Å². The van der Waals surface area contributed by atoms with Crippen LogP contribution in [-0.4, -0.2) is 32.9 Å². The van der Waals surface area contributed by atoms with Crippen LogP contribution < -0.4 is 4.74 Å². The molecule has 1 heterocycles. The molecule has 0 amide bonds. The van der Waals surface area contributed by atoms with Gasteiger partial charge in [-0.1, -0.05) is 41.9 Å². The van der Waals surface area contributed by atoms with E-state index in [1.54, 1.807) is 16.4 Å². The predicted molar refractivity (Wildman–Crippen MR) is 95.2 cm³/mol. The summed E-state index contributed by atoms with van der Waals surface area (Å²) >= 11 is 6.07. The average molecular weight is 366 g/mol. The van der Waals surface area contributed by atoms with Crippen molar-refractivity contribution in [2.45, 2.75) is 23.7 Å². The first-order valence-electron chi connectivity index (χ1n) is 7.91. The molecule has 0 aromatic heterocycles. The van der Waals surface area contributed by atoms with Gasteiger partial charge in [0.05, 0.1) is 17.0 Å². The Hall–Kier alpha value is -1.56. The van der Waals surface area contributed by atoms with E-state index in [-0.39, 0.29) is 4.90 Å². The molecule has 0 N–H and O–H groups in total. The second kappa shape index (κ2) is 7.13. The van der Waals surface area contributed by atoms with E-state index in [0.717, 1.165) is 12.8 Å². The van der Waals surface area contributed by atoms with E-state index < -0.39 is 10.0 Å². The van der Waals surface area contributed by atoms with Gasteiger partial charge in [-0.25, -0.2) is 8.42 Å². The summed E-state index contributed by atoms with van der Waals surface area (Å²) in [6.07, 6.45) is 1.65. The molecule has 4 nitrogen and oxygen atoms in total. The first kappa shape index (κ1) is 17.3. The molecule has 0 radical (unpaired) electrons. The fourth-order valence-corrected chi connectivity index (χ4v) is 4.93. The van der Waals surface area contributed by atoms with Crippen molar-refractivity contribution in [2.75, 3.05) is 20.2 Å². The molecule has 2 aromatic rings. The largest absolute Gasteiger partial charge is 0.495 e. The standard InChI is InChI=1S/C18H20ClNO3S/c1-23-18-8-7-16(13-17(18)19)24(21,22)20-11-9-15(10-12-20)14-5-3-2-4-6-14/h2-8,13,15H,9-12H2,1H3. The van der Waals surface area contributed by atoms with Crippen LogP contribution in [0.25, 0.3) is 0 Å². The third-order valence-electron chi connectivity index (χ3n) is 4.49. The first-order valence-corrected chi connectivity index (χ1v) is 9.73. The van der Waals surface area contributed by atoms with Gasteiger partial charge < -0.3 is 4.74 Å². The van der Waals surface area contributed by atoms with Crippen LogP contribution >= 0.6 is 11.6 Å². The van der Waals surface area contributed by atoms with Crippen molar-refractivity contribution in [1.82, 2.24) is 4.31 Å². The van der Waals surface area contributed by atoms with E-state index in [2.05, 4.69) is 12.1 Å². The molecule has 6 heteroatoms. The third-order valence-corrected chi connectivity index (χ3v) is 6.68. The van der Waals surface area contributed by atoms with Gasteiger partial charge in [-0.05, 0) is 42.5 Å². The lowest BCUT2D eigenvalue weighted by molar-refractivity contribution is 0.319. The SMILES string of the molecule is COc1ccc(S(=O)(=O)N2CCC(c3ccccc3)CC2)cc1Cl. The molecule has 0 atom stereocenters. The van der Waals surface area contributed by atoms with Crippen molar-refractivity contribution in [3.63, 3.8) is 0 Å². The number of sulfonamides is 1. The van der Waals surface area contributed by atoms with E-state index in [9.17, 15) is 8.42 Å². The van der Waals surface area contributed by atoms with Gasteiger partial charge in [0.25, 0.3) is 0 Å². The van der Waals surface area contributed by atoms with Gasteiger partial charge in [-0.2, -0.15) is 4.31 Å². The minimum atomic E-state index is -3.52. The van der Waals surface area contributed by atoms with Gasteiger partial charge in [-0.3, -0.25) is 0 Å². The smallest absolute Gasteiger partial charge is 0.243 e. The highest BCUT2D eigenvalue weighted by Gasteiger charge is 2.30. The number of hydrogen-bond acceptors (Lipinski definition) is 3. The van der Waals surface area contributed by atoms with Crippen molar-refractivity contribution >= 4 is 21.6 Å². The summed E-state index contributed by atoms with van der Waals surface area (Å²) < 4.78 is 32.2. The molecule has 1 fully saturated rings. The van der Waals surface area contributed by atoms with Gasteiger partial charge in [-0.15, -0.1) is 0 Å². The number of benzene rings is 2. The number of methoxy groups -OCH3 is 1. The maximum absolute atomic E-state index is 12.8. The molecule has 0 unspecified atom stereocenters. The molecule has 1 saturated heterocycles. The van der Waals surface area contributed by atoms with Crippen LogP contribution in [0, 0.1) is 0 Å². The van der Waals surface area contributed by atoms with Crippen molar-refractivity contribution in [3.05, 3.63) is 59.1 Å². The van der Waals surface area contributed by atoms with E-state index >= 15 is 0 Å². The quantitative estimate of drug-likeness (QED) is 0.825. The Bertz CT molecular complexity index is 800. The van der Waals surface area contributed by atoms with Gasteiger partial charge in [0.15, 0.2) is 0 Å². The Labute approximate surface area is 148 Å². The van der Waals surface area contributed by atoms with Crippen LogP contribution in [0.15, 0.2) is 53.4 Å². The zero-order chi connectivity index (χ0) is 17.2. The second-order valence-electron chi connectivity index (χ2n) is 5.89. The summed E-state index contributed by atoms with van der Waals surface area (Å²) in [7, 11) is -2.02. The number of piperidine rings is 1. The topological polar surface area (TPSA) is 46.6 Å². The van der Waals surface area contributed by atoms with Crippen molar-refractivity contribution in [3.8, 4) is 5.75 Å². The highest BCUT2D eigenvalue weighted by Crippen LogP contribution is 2.32. The molecule has 128 valence electrons. The molecular formula is C18H20ClNO3S. The van der Waals surface area contributed by atoms with Crippen LogP contribution in [0.2, 0.25) is 5.02 Å². The van der Waals surface area contributed by atoms with E-state index in [4.69, 9.17) is 16.3 Å². The lowest BCUT2D eigenvalue weighted by atomic mass is 9.90. The van der Waals surface area contributed by atoms with Crippen LogP contribution in [0.5, 0.6) is 5.75 Å². The molecule has 2 aromatic carbocycles. The maximum Gasteiger partial charge on any atom is 0.243 e. The fourth-order valence-electron chi connectivity index (χ4n) is 3.11. The minimum absolute atomic E-state index is 0.214. The zero-order valence-corrected chi connectivity index (χ0v) is 15.1. The van der Waals surface area contributed by atoms with Gasteiger partial charge in [0, 0.05) is 13.1 Å². The molecule has 0 spiro atoms. The Kier molecular flexibility index (Phi) is 5.13. The molecule has 0 aliphatic carbocycles. The monoisotopic (exact) mass is 365 g/mol. The highest BCUT2D eigenvalue weighted by molar-refractivity contribution is 7.89. The first-order chi connectivity index (χ1) is 11.5. The lowest BCUT2D eigenvalue weighted by Crippen LogP contribution is -2.37. The molecule has 24 heavy (non-hydrogen) atoms. The highest BCUT2D eigenvalue weighted by atomic mass is 35.5. The molecule has 1 aliphatic rings. The predicted octanol–water partition coefficient (Wildman–Crippen LogP) is 3.92. The average Bonchev–Trinajstić information content (AvgIpc) is 2.62. The van der Waals surface area contributed by atoms with Gasteiger partial charge >= 0.3 is 0 Å². The van der Waals surface area contributed by atoms with Crippen LogP contribution in [0.3, 0.4) is 0 Å². The fraction of sp³-hybridized carbons (Fsp3) is 0.333. The molecule has 1 aliphatic heterocycles. The molecular weight excluding hydrogens is 346 g/mol. The lowest BCUT2D eigenvalue weighted by Gasteiger charge is -2.31. The van der Waals surface area contributed by atoms with E-state index in [0.29, 0.717) is 29.8 Å². The van der Waals surface area contributed by atoms with Crippen molar-refractivity contribution in [1.29, 1.82) is 0 Å². The molecule has 0 bridgehead atoms.